The molecule has 0 atom stereocenters. The Hall–Kier alpha value is -3.38. The predicted molar refractivity (Wildman–Crippen MR) is 127 cm³/mol. The second-order valence-electron chi connectivity index (χ2n) is 7.82. The molecular weight excluding hydrogens is 418 g/mol. The molecule has 0 bridgehead atoms. The Morgan fingerprint density at radius 1 is 1.00 bits per heavy atom. The smallest absolute Gasteiger partial charge is 0.254 e. The van der Waals surface area contributed by atoms with Crippen LogP contribution in [0.4, 0.5) is 0 Å². The molecule has 2 aromatic carbocycles. The van der Waals surface area contributed by atoms with Crippen LogP contribution in [-0.2, 0) is 11.2 Å². The van der Waals surface area contributed by atoms with Crippen molar-refractivity contribution in [1.29, 1.82) is 0 Å². The molecule has 4 aromatic rings. The van der Waals surface area contributed by atoms with Crippen LogP contribution in [0.2, 0.25) is 0 Å². The van der Waals surface area contributed by atoms with Crippen LogP contribution in [0.5, 0.6) is 0 Å². The van der Waals surface area contributed by atoms with Gasteiger partial charge in [0.25, 0.3) is 5.91 Å². The van der Waals surface area contributed by atoms with Crippen LogP contribution >= 0.6 is 11.8 Å². The Morgan fingerprint density at radius 3 is 2.25 bits per heavy atom. The highest BCUT2D eigenvalue weighted by Gasteiger charge is 2.29. The molecule has 1 N–H and O–H groups in total. The highest BCUT2D eigenvalue weighted by atomic mass is 32.2. The number of carbonyl (C=O) groups excluding carboxylic acids is 1. The lowest BCUT2D eigenvalue weighted by Crippen LogP contribution is -2.39. The van der Waals surface area contributed by atoms with Crippen molar-refractivity contribution in [2.24, 2.45) is 0 Å². The Balaban J connectivity index is 1.53. The molecule has 0 fully saturated rings. The van der Waals surface area contributed by atoms with Crippen molar-refractivity contribution in [2.45, 2.75) is 30.0 Å². The summed E-state index contributed by atoms with van der Waals surface area (Å²) in [5.41, 5.74) is 3.31. The van der Waals surface area contributed by atoms with E-state index in [2.05, 4.69) is 46.6 Å². The molecule has 2 heterocycles. The van der Waals surface area contributed by atoms with E-state index in [9.17, 15) is 4.79 Å². The van der Waals surface area contributed by atoms with Crippen LogP contribution in [-0.4, -0.2) is 22.6 Å². The summed E-state index contributed by atoms with van der Waals surface area (Å²) in [6, 6.07) is 26.0. The molecule has 0 spiro atoms. The Morgan fingerprint density at radius 2 is 1.66 bits per heavy atom. The van der Waals surface area contributed by atoms with Crippen molar-refractivity contribution < 1.29 is 9.32 Å². The van der Waals surface area contributed by atoms with Gasteiger partial charge in [-0.1, -0.05) is 77.6 Å². The van der Waals surface area contributed by atoms with Crippen molar-refractivity contribution in [2.75, 3.05) is 6.54 Å². The lowest BCUT2D eigenvalue weighted by Gasteiger charge is -2.31. The molecule has 4 rings (SSSR count). The molecule has 0 unspecified atom stereocenters. The molecule has 0 aliphatic carbocycles. The van der Waals surface area contributed by atoms with E-state index in [1.807, 2.05) is 49.4 Å². The summed E-state index contributed by atoms with van der Waals surface area (Å²) in [5.74, 6) is 1.20. The first-order chi connectivity index (χ1) is 15.6. The fourth-order valence-electron chi connectivity index (χ4n) is 3.64. The van der Waals surface area contributed by atoms with E-state index in [1.165, 1.54) is 11.8 Å². The molecule has 5 nitrogen and oxygen atoms in total. The number of nitrogens with one attached hydrogen (secondary N) is 1. The molecule has 0 aliphatic rings. The predicted octanol–water partition coefficient (Wildman–Crippen LogP) is 5.41. The number of benzene rings is 2. The average Bonchev–Trinajstić information content (AvgIpc) is 3.27. The fraction of sp³-hybridized carbons (Fsp3) is 0.192. The number of pyridine rings is 1. The van der Waals surface area contributed by atoms with Crippen molar-refractivity contribution in [1.82, 2.24) is 15.5 Å². The van der Waals surface area contributed by atoms with Gasteiger partial charge in [-0.05, 0) is 37.1 Å². The number of nitrogens with zero attached hydrogens (tertiary/aromatic N) is 2. The molecular formula is C26H25N3O2S. The summed E-state index contributed by atoms with van der Waals surface area (Å²) in [7, 11) is 0. The van der Waals surface area contributed by atoms with Gasteiger partial charge in [0.05, 0.1) is 11.3 Å². The minimum absolute atomic E-state index is 0.143. The van der Waals surface area contributed by atoms with Gasteiger partial charge in [-0.25, -0.2) is 4.98 Å². The van der Waals surface area contributed by atoms with Crippen LogP contribution in [0.25, 0.3) is 0 Å². The number of thioether (sulfide) groups is 1. The van der Waals surface area contributed by atoms with Gasteiger partial charge in [-0.3, -0.25) is 4.79 Å². The van der Waals surface area contributed by atoms with E-state index < -0.39 is 0 Å². The quantitative estimate of drug-likeness (QED) is 0.369. The third-order valence-electron chi connectivity index (χ3n) is 5.47. The van der Waals surface area contributed by atoms with Gasteiger partial charge in [0.2, 0.25) is 0 Å². The van der Waals surface area contributed by atoms with Crippen molar-refractivity contribution >= 4 is 17.7 Å². The van der Waals surface area contributed by atoms with E-state index in [0.717, 1.165) is 22.6 Å². The number of carbonyl (C=O) groups is 1. The van der Waals surface area contributed by atoms with E-state index in [0.29, 0.717) is 22.9 Å². The summed E-state index contributed by atoms with van der Waals surface area (Å²) in [6.45, 7) is 4.47. The molecule has 0 saturated heterocycles. The second-order valence-corrected chi connectivity index (χ2v) is 8.78. The standard InChI is InChI=1S/C26H25N3O2S/c1-19-16-22(29-31-19)17-32-25-23(14-9-15-27-25)24(30)28-18-26(2,20-10-5-3-6-11-20)21-12-7-4-8-13-21/h3-16H,17-18H2,1-2H3,(H,28,30). The van der Waals surface area contributed by atoms with E-state index in [1.54, 1.807) is 18.3 Å². The molecule has 6 heteroatoms. The zero-order valence-electron chi connectivity index (χ0n) is 18.1. The first-order valence-electron chi connectivity index (χ1n) is 10.5. The zero-order valence-corrected chi connectivity index (χ0v) is 18.9. The van der Waals surface area contributed by atoms with Gasteiger partial charge >= 0.3 is 0 Å². The lowest BCUT2D eigenvalue weighted by atomic mass is 9.76. The van der Waals surface area contributed by atoms with Crippen LogP contribution in [0.1, 0.15) is 39.9 Å². The first-order valence-corrected chi connectivity index (χ1v) is 11.4. The summed E-state index contributed by atoms with van der Waals surface area (Å²) < 4.78 is 5.13. The van der Waals surface area contributed by atoms with E-state index >= 15 is 0 Å². The van der Waals surface area contributed by atoms with Crippen LogP contribution in [0.3, 0.4) is 0 Å². The van der Waals surface area contributed by atoms with Crippen LogP contribution < -0.4 is 5.32 Å². The SMILES string of the molecule is Cc1cc(CSc2ncccc2C(=O)NCC(C)(c2ccccc2)c2ccccc2)no1. The Labute approximate surface area is 192 Å². The maximum absolute atomic E-state index is 13.2. The van der Waals surface area contributed by atoms with Gasteiger partial charge in [-0.2, -0.15) is 0 Å². The third kappa shape index (κ3) is 4.92. The van der Waals surface area contributed by atoms with Gasteiger partial charge in [-0.15, -0.1) is 0 Å². The Kier molecular flexibility index (Phi) is 6.71. The van der Waals surface area contributed by atoms with E-state index in [-0.39, 0.29) is 11.3 Å². The topological polar surface area (TPSA) is 68.0 Å². The van der Waals surface area contributed by atoms with E-state index in [4.69, 9.17) is 4.52 Å². The number of aromatic nitrogens is 2. The van der Waals surface area contributed by atoms with Gasteiger partial charge < -0.3 is 9.84 Å². The van der Waals surface area contributed by atoms with Crippen molar-refractivity contribution in [3.05, 3.63) is 113 Å². The Bertz CT molecular complexity index is 1140. The first kappa shape index (κ1) is 21.8. The van der Waals surface area contributed by atoms with Gasteiger partial charge in [0.1, 0.15) is 10.8 Å². The fourth-order valence-corrected chi connectivity index (χ4v) is 4.51. The third-order valence-corrected chi connectivity index (χ3v) is 6.51. The number of amides is 1. The number of hydrogen-bond acceptors (Lipinski definition) is 5. The van der Waals surface area contributed by atoms with Crippen molar-refractivity contribution in [3.8, 4) is 0 Å². The molecule has 0 radical (unpaired) electrons. The lowest BCUT2D eigenvalue weighted by molar-refractivity contribution is 0.0943. The maximum atomic E-state index is 13.2. The second kappa shape index (κ2) is 9.83. The summed E-state index contributed by atoms with van der Waals surface area (Å²) >= 11 is 1.47. The van der Waals surface area contributed by atoms with Crippen molar-refractivity contribution in [3.63, 3.8) is 0 Å². The largest absolute Gasteiger partial charge is 0.361 e. The van der Waals surface area contributed by atoms with Crippen LogP contribution in [0.15, 0.2) is 94.6 Å². The molecule has 1 amide bonds. The summed E-state index contributed by atoms with van der Waals surface area (Å²) in [4.78, 5) is 17.6. The average molecular weight is 444 g/mol. The zero-order chi connectivity index (χ0) is 22.4. The maximum Gasteiger partial charge on any atom is 0.254 e. The normalized spacial score (nSPS) is 11.3. The number of aryl methyl sites for hydroxylation is 1. The molecule has 2 aromatic heterocycles. The molecule has 0 aliphatic heterocycles. The molecule has 32 heavy (non-hydrogen) atoms. The highest BCUT2D eigenvalue weighted by Crippen LogP contribution is 2.31. The molecule has 0 saturated carbocycles. The van der Waals surface area contributed by atoms with Crippen LogP contribution in [0, 0.1) is 6.92 Å². The minimum Gasteiger partial charge on any atom is -0.361 e. The summed E-state index contributed by atoms with van der Waals surface area (Å²) in [6.07, 6.45) is 1.70. The monoisotopic (exact) mass is 443 g/mol. The number of rotatable bonds is 8. The molecule has 162 valence electrons. The summed E-state index contributed by atoms with van der Waals surface area (Å²) in [5, 5.41) is 7.84. The minimum atomic E-state index is -0.369. The number of hydrogen-bond donors (Lipinski definition) is 1. The van der Waals surface area contributed by atoms with Gasteiger partial charge in [0.15, 0.2) is 0 Å². The highest BCUT2D eigenvalue weighted by molar-refractivity contribution is 7.98. The van der Waals surface area contributed by atoms with Gasteiger partial charge in [0, 0.05) is 30.0 Å².